The number of quaternary nitrogens is 1. The fourth-order valence-electron chi connectivity index (χ4n) is 3.83. The first-order valence-electron chi connectivity index (χ1n) is 8.05. The monoisotopic (exact) mass is 302 g/mol. The van der Waals surface area contributed by atoms with Gasteiger partial charge >= 0.3 is 0 Å². The number of amides is 2. The fourth-order valence-corrected chi connectivity index (χ4v) is 3.83. The Morgan fingerprint density at radius 1 is 1.27 bits per heavy atom. The Balaban J connectivity index is 1.74. The van der Waals surface area contributed by atoms with Crippen LogP contribution in [0.1, 0.15) is 20.3 Å². The van der Waals surface area contributed by atoms with Crippen molar-refractivity contribution in [3.63, 3.8) is 0 Å². The number of hydrogen-bond acceptors (Lipinski definition) is 2. The van der Waals surface area contributed by atoms with Crippen LogP contribution in [0.2, 0.25) is 0 Å². The highest BCUT2D eigenvalue weighted by Gasteiger charge is 2.32. The molecule has 1 aromatic carbocycles. The summed E-state index contributed by atoms with van der Waals surface area (Å²) in [5.74, 6) is 1.23. The highest BCUT2D eigenvalue weighted by molar-refractivity contribution is 6.10. The summed E-state index contributed by atoms with van der Waals surface area (Å²) in [6.07, 6.45) is 1.24. The first-order chi connectivity index (χ1) is 10.5. The Morgan fingerprint density at radius 3 is 2.68 bits per heavy atom. The van der Waals surface area contributed by atoms with Crippen molar-refractivity contribution < 1.29 is 14.5 Å². The first-order valence-corrected chi connectivity index (χ1v) is 8.05. The van der Waals surface area contributed by atoms with E-state index in [1.54, 1.807) is 4.90 Å². The van der Waals surface area contributed by atoms with Gasteiger partial charge in [0, 0.05) is 11.8 Å². The summed E-state index contributed by atoms with van der Waals surface area (Å²) in [4.78, 5) is 27.5. The van der Waals surface area contributed by atoms with Crippen LogP contribution in [0.25, 0.3) is 0 Å². The number of nitrogens with zero attached hydrogens (tertiary/aromatic N) is 1. The lowest BCUT2D eigenvalue weighted by Crippen LogP contribution is -3.15. The summed E-state index contributed by atoms with van der Waals surface area (Å²) in [6.45, 7) is 7.17. The predicted molar refractivity (Wildman–Crippen MR) is 85.9 cm³/mol. The van der Waals surface area contributed by atoms with Crippen molar-refractivity contribution >= 4 is 23.2 Å². The minimum Gasteiger partial charge on any atom is -0.327 e. The number of benzene rings is 1. The van der Waals surface area contributed by atoms with Gasteiger partial charge in [0.1, 0.15) is 6.54 Å². The van der Waals surface area contributed by atoms with E-state index in [1.807, 2.05) is 24.3 Å². The number of para-hydroxylation sites is 2. The molecule has 2 atom stereocenters. The molecule has 1 saturated heterocycles. The van der Waals surface area contributed by atoms with E-state index in [1.165, 1.54) is 11.3 Å². The van der Waals surface area contributed by atoms with Crippen molar-refractivity contribution in [1.29, 1.82) is 0 Å². The molecule has 2 amide bonds. The molecular weight excluding hydrogens is 278 g/mol. The number of likely N-dealkylation sites (tertiary alicyclic amines) is 1. The van der Waals surface area contributed by atoms with Crippen molar-refractivity contribution in [2.45, 2.75) is 20.3 Å². The highest BCUT2D eigenvalue weighted by Crippen LogP contribution is 2.28. The van der Waals surface area contributed by atoms with Gasteiger partial charge in [-0.05, 0) is 18.6 Å². The average Bonchev–Trinajstić information content (AvgIpc) is 2.45. The van der Waals surface area contributed by atoms with Gasteiger partial charge in [0.05, 0.1) is 24.5 Å². The van der Waals surface area contributed by atoms with Gasteiger partial charge < -0.3 is 10.2 Å². The van der Waals surface area contributed by atoms with Crippen molar-refractivity contribution in [2.75, 3.05) is 36.4 Å². The van der Waals surface area contributed by atoms with Crippen molar-refractivity contribution in [1.82, 2.24) is 0 Å². The maximum absolute atomic E-state index is 12.7. The quantitative estimate of drug-likeness (QED) is 0.837. The number of carbonyl (C=O) groups excluding carboxylic acids is 2. The van der Waals surface area contributed by atoms with Crippen LogP contribution in [-0.2, 0) is 9.59 Å². The highest BCUT2D eigenvalue weighted by atomic mass is 16.2. The number of piperidine rings is 1. The second-order valence-corrected chi connectivity index (χ2v) is 6.83. The molecule has 2 N–H and O–H groups in total. The summed E-state index contributed by atoms with van der Waals surface area (Å²) in [5, 5.41) is 2.82. The predicted octanol–water partition coefficient (Wildman–Crippen LogP) is 0.533. The number of rotatable bonds is 2. The van der Waals surface area contributed by atoms with E-state index in [0.717, 1.165) is 24.5 Å². The molecule has 0 saturated carbocycles. The molecule has 22 heavy (non-hydrogen) atoms. The number of fused-ring (bicyclic) bond motifs is 1. The van der Waals surface area contributed by atoms with Crippen LogP contribution in [0.15, 0.2) is 24.3 Å². The largest absolute Gasteiger partial charge is 0.327 e. The Hall–Kier alpha value is -1.88. The zero-order chi connectivity index (χ0) is 15.7. The maximum atomic E-state index is 12.7. The average molecular weight is 302 g/mol. The lowest BCUT2D eigenvalue weighted by molar-refractivity contribution is -0.904. The molecule has 0 bridgehead atoms. The smallest absolute Gasteiger partial charge is 0.282 e. The molecule has 1 fully saturated rings. The molecule has 3 rings (SSSR count). The molecule has 5 heteroatoms. The summed E-state index contributed by atoms with van der Waals surface area (Å²) in [7, 11) is 0. The van der Waals surface area contributed by atoms with Gasteiger partial charge in [-0.1, -0.05) is 26.0 Å². The third-order valence-electron chi connectivity index (χ3n) is 4.55. The van der Waals surface area contributed by atoms with E-state index >= 15 is 0 Å². The molecule has 2 aliphatic rings. The van der Waals surface area contributed by atoms with Crippen molar-refractivity contribution in [3.8, 4) is 0 Å². The molecule has 0 radical (unpaired) electrons. The van der Waals surface area contributed by atoms with Gasteiger partial charge in [0.15, 0.2) is 6.54 Å². The van der Waals surface area contributed by atoms with E-state index in [-0.39, 0.29) is 18.4 Å². The number of carbonyl (C=O) groups is 2. The molecule has 0 spiro atoms. The zero-order valence-corrected chi connectivity index (χ0v) is 13.3. The third-order valence-corrected chi connectivity index (χ3v) is 4.55. The van der Waals surface area contributed by atoms with Crippen LogP contribution >= 0.6 is 0 Å². The lowest BCUT2D eigenvalue weighted by Gasteiger charge is -2.34. The van der Waals surface area contributed by atoms with Gasteiger partial charge in [-0.2, -0.15) is 0 Å². The summed E-state index contributed by atoms with van der Waals surface area (Å²) in [6, 6.07) is 7.49. The van der Waals surface area contributed by atoms with Crippen LogP contribution in [0, 0.1) is 11.8 Å². The standard InChI is InChI=1S/C17H23N3O2/c1-12-7-13(2)9-19(8-12)11-17(22)20-10-16(21)18-14-5-3-4-6-15(14)20/h3-6,12-13H,7-11H2,1-2H3,(H,18,21)/p+1/t12-,13-/m0/s1. The van der Waals surface area contributed by atoms with E-state index < -0.39 is 0 Å². The van der Waals surface area contributed by atoms with Crippen molar-refractivity contribution in [2.24, 2.45) is 11.8 Å². The van der Waals surface area contributed by atoms with Crippen LogP contribution in [0.5, 0.6) is 0 Å². The first kappa shape index (κ1) is 15.0. The van der Waals surface area contributed by atoms with Crippen LogP contribution < -0.4 is 15.1 Å². The minimum atomic E-state index is -0.123. The molecular formula is C17H24N3O2+. The molecule has 5 nitrogen and oxygen atoms in total. The van der Waals surface area contributed by atoms with E-state index in [9.17, 15) is 9.59 Å². The topological polar surface area (TPSA) is 53.9 Å². The molecule has 1 aromatic rings. The van der Waals surface area contributed by atoms with Crippen molar-refractivity contribution in [3.05, 3.63) is 24.3 Å². The van der Waals surface area contributed by atoms with Gasteiger partial charge in [-0.3, -0.25) is 14.5 Å². The summed E-state index contributed by atoms with van der Waals surface area (Å²) in [5.41, 5.74) is 1.53. The maximum Gasteiger partial charge on any atom is 0.282 e. The van der Waals surface area contributed by atoms with Gasteiger partial charge in [0.25, 0.3) is 5.91 Å². The summed E-state index contributed by atoms with van der Waals surface area (Å²) >= 11 is 0. The minimum absolute atomic E-state index is 0.0404. The fraction of sp³-hybridized carbons (Fsp3) is 0.529. The molecule has 2 aliphatic heterocycles. The van der Waals surface area contributed by atoms with Crippen LogP contribution in [-0.4, -0.2) is 38.0 Å². The zero-order valence-electron chi connectivity index (χ0n) is 13.3. The summed E-state index contributed by atoms with van der Waals surface area (Å²) < 4.78 is 0. The Morgan fingerprint density at radius 2 is 1.95 bits per heavy atom. The van der Waals surface area contributed by atoms with E-state index in [2.05, 4.69) is 19.2 Å². The normalized spacial score (nSPS) is 28.0. The molecule has 118 valence electrons. The van der Waals surface area contributed by atoms with Gasteiger partial charge in [-0.25, -0.2) is 0 Å². The Bertz CT molecular complexity index is 577. The van der Waals surface area contributed by atoms with Gasteiger partial charge in [0.2, 0.25) is 5.91 Å². The van der Waals surface area contributed by atoms with Crippen LogP contribution in [0.4, 0.5) is 11.4 Å². The number of hydrogen-bond donors (Lipinski definition) is 2. The van der Waals surface area contributed by atoms with Crippen LogP contribution in [0.3, 0.4) is 0 Å². The SMILES string of the molecule is C[C@H]1C[C@H](C)C[NH+](CC(=O)N2CC(=O)Nc3ccccc32)C1. The molecule has 0 unspecified atom stereocenters. The Labute approximate surface area is 131 Å². The van der Waals surface area contributed by atoms with E-state index in [0.29, 0.717) is 18.4 Å². The third kappa shape index (κ3) is 3.14. The van der Waals surface area contributed by atoms with Gasteiger partial charge in [-0.15, -0.1) is 0 Å². The molecule has 2 heterocycles. The van der Waals surface area contributed by atoms with E-state index in [4.69, 9.17) is 0 Å². The molecule has 0 aliphatic carbocycles. The lowest BCUT2D eigenvalue weighted by atomic mass is 9.92. The Kier molecular flexibility index (Phi) is 4.16. The molecule has 0 aromatic heterocycles. The second kappa shape index (κ2) is 6.08. The number of anilines is 2. The second-order valence-electron chi connectivity index (χ2n) is 6.83. The number of nitrogens with one attached hydrogen (secondary N) is 2.